The Balaban J connectivity index is 4.53. The molecule has 0 aliphatic rings. The van der Waals surface area contributed by atoms with Crippen LogP contribution in [0.15, 0.2) is 0 Å². The maximum Gasteiger partial charge on any atom is 0.316 e. The van der Waals surface area contributed by atoms with E-state index in [-0.39, 0.29) is 11.7 Å². The number of carbonyl (C=O) groups excluding carboxylic acids is 1. The summed E-state index contributed by atoms with van der Waals surface area (Å²) < 4.78 is 0. The fourth-order valence-corrected chi connectivity index (χ4v) is 1.54. The summed E-state index contributed by atoms with van der Waals surface area (Å²) in [5.74, 6) is -0.989. The van der Waals surface area contributed by atoms with E-state index in [9.17, 15) is 9.59 Å². The quantitative estimate of drug-likeness (QED) is 0.693. The Morgan fingerprint density at radius 1 is 1.21 bits per heavy atom. The summed E-state index contributed by atoms with van der Waals surface area (Å²) in [5, 5.41) is 8.87. The van der Waals surface area contributed by atoms with E-state index < -0.39 is 11.4 Å². The average molecular weight is 200 g/mol. The van der Waals surface area contributed by atoms with E-state index in [2.05, 4.69) is 0 Å². The standard InChI is InChI=1S/C11H20O3/c1-7(2)6-8(3)9(12)11(4,5)10(13)14/h7-8H,6H2,1-5H3,(H,13,14)/t8-/m0/s1. The van der Waals surface area contributed by atoms with Crippen molar-refractivity contribution in [1.82, 2.24) is 0 Å². The molecule has 14 heavy (non-hydrogen) atoms. The lowest BCUT2D eigenvalue weighted by Gasteiger charge is -2.23. The molecule has 0 unspecified atom stereocenters. The minimum atomic E-state index is -1.26. The highest BCUT2D eigenvalue weighted by atomic mass is 16.4. The Kier molecular flexibility index (Phi) is 4.30. The molecule has 0 aromatic rings. The van der Waals surface area contributed by atoms with E-state index in [4.69, 9.17) is 5.11 Å². The van der Waals surface area contributed by atoms with Crippen LogP contribution in [0.25, 0.3) is 0 Å². The third-order valence-corrected chi connectivity index (χ3v) is 2.42. The van der Waals surface area contributed by atoms with Crippen molar-refractivity contribution in [2.75, 3.05) is 0 Å². The molecule has 0 bridgehead atoms. The van der Waals surface area contributed by atoms with E-state index in [0.717, 1.165) is 6.42 Å². The van der Waals surface area contributed by atoms with Crippen LogP contribution in [0.3, 0.4) is 0 Å². The van der Waals surface area contributed by atoms with Crippen LogP contribution in [0.2, 0.25) is 0 Å². The normalized spacial score (nSPS) is 14.1. The highest BCUT2D eigenvalue weighted by molar-refractivity contribution is 6.03. The Bertz CT molecular complexity index is 229. The SMILES string of the molecule is CC(C)C[C@H](C)C(=O)C(C)(C)C(=O)O. The molecule has 0 saturated carbocycles. The zero-order valence-electron chi connectivity index (χ0n) is 9.63. The highest BCUT2D eigenvalue weighted by Crippen LogP contribution is 2.25. The Labute approximate surface area is 85.5 Å². The number of ketones is 1. The number of carboxylic acid groups (broad SMARTS) is 1. The van der Waals surface area contributed by atoms with E-state index in [1.807, 2.05) is 13.8 Å². The summed E-state index contributed by atoms with van der Waals surface area (Å²) in [6, 6.07) is 0. The Morgan fingerprint density at radius 2 is 1.64 bits per heavy atom. The first-order chi connectivity index (χ1) is 6.19. The lowest BCUT2D eigenvalue weighted by atomic mass is 9.79. The Morgan fingerprint density at radius 3 is 1.93 bits per heavy atom. The van der Waals surface area contributed by atoms with Crippen molar-refractivity contribution in [3.05, 3.63) is 0 Å². The summed E-state index contributed by atoms with van der Waals surface area (Å²) in [6.07, 6.45) is 0.746. The topological polar surface area (TPSA) is 54.4 Å². The molecule has 0 fully saturated rings. The predicted molar refractivity (Wildman–Crippen MR) is 55.0 cm³/mol. The van der Waals surface area contributed by atoms with Crippen molar-refractivity contribution in [1.29, 1.82) is 0 Å². The molecule has 0 aromatic heterocycles. The average Bonchev–Trinajstić information content (AvgIpc) is 2.01. The summed E-state index contributed by atoms with van der Waals surface area (Å²) in [5.41, 5.74) is -1.26. The van der Waals surface area contributed by atoms with E-state index >= 15 is 0 Å². The van der Waals surface area contributed by atoms with Crippen molar-refractivity contribution < 1.29 is 14.7 Å². The molecule has 0 radical (unpaired) electrons. The van der Waals surface area contributed by atoms with Crippen molar-refractivity contribution >= 4 is 11.8 Å². The van der Waals surface area contributed by atoms with Crippen LogP contribution >= 0.6 is 0 Å². The van der Waals surface area contributed by atoms with Gasteiger partial charge in [-0.05, 0) is 26.2 Å². The van der Waals surface area contributed by atoms with E-state index in [1.54, 1.807) is 6.92 Å². The minimum Gasteiger partial charge on any atom is -0.481 e. The van der Waals surface area contributed by atoms with Crippen LogP contribution in [-0.4, -0.2) is 16.9 Å². The third kappa shape index (κ3) is 3.13. The molecule has 0 aromatic carbocycles. The van der Waals surface area contributed by atoms with Gasteiger partial charge in [-0.1, -0.05) is 20.8 Å². The number of rotatable bonds is 5. The number of hydrogen-bond acceptors (Lipinski definition) is 2. The number of carbonyl (C=O) groups is 2. The first kappa shape index (κ1) is 13.1. The van der Waals surface area contributed by atoms with Crippen LogP contribution < -0.4 is 0 Å². The third-order valence-electron chi connectivity index (χ3n) is 2.42. The predicted octanol–water partition coefficient (Wildman–Crippen LogP) is 2.35. The van der Waals surface area contributed by atoms with Gasteiger partial charge >= 0.3 is 5.97 Å². The van der Waals surface area contributed by atoms with Crippen molar-refractivity contribution in [2.24, 2.45) is 17.3 Å². The highest BCUT2D eigenvalue weighted by Gasteiger charge is 2.38. The number of hydrogen-bond donors (Lipinski definition) is 1. The maximum atomic E-state index is 11.8. The van der Waals surface area contributed by atoms with Crippen molar-refractivity contribution in [2.45, 2.75) is 41.0 Å². The van der Waals surface area contributed by atoms with Crippen molar-refractivity contribution in [3.8, 4) is 0 Å². The largest absolute Gasteiger partial charge is 0.481 e. The second-order valence-corrected chi connectivity index (χ2v) is 4.83. The van der Waals surface area contributed by atoms with Gasteiger partial charge < -0.3 is 5.11 Å². The molecule has 1 N–H and O–H groups in total. The molecule has 0 aliphatic heterocycles. The van der Waals surface area contributed by atoms with Gasteiger partial charge in [0.25, 0.3) is 0 Å². The van der Waals surface area contributed by atoms with Crippen LogP contribution in [0.1, 0.15) is 41.0 Å². The Hall–Kier alpha value is -0.860. The molecule has 1 atom stereocenters. The van der Waals surface area contributed by atoms with Gasteiger partial charge in [-0.2, -0.15) is 0 Å². The molecule has 0 aliphatic carbocycles. The van der Waals surface area contributed by atoms with Gasteiger partial charge in [-0.25, -0.2) is 0 Å². The molecule has 0 rings (SSSR count). The lowest BCUT2D eigenvalue weighted by Crippen LogP contribution is -2.37. The van der Waals surface area contributed by atoms with Gasteiger partial charge in [-0.3, -0.25) is 9.59 Å². The smallest absolute Gasteiger partial charge is 0.316 e. The molecular weight excluding hydrogens is 180 g/mol. The summed E-state index contributed by atoms with van der Waals surface area (Å²) in [6.45, 7) is 8.78. The van der Waals surface area contributed by atoms with Gasteiger partial charge in [0.15, 0.2) is 5.78 Å². The summed E-state index contributed by atoms with van der Waals surface area (Å²) >= 11 is 0. The zero-order valence-corrected chi connectivity index (χ0v) is 9.63. The van der Waals surface area contributed by atoms with Crippen LogP contribution in [0.4, 0.5) is 0 Å². The van der Waals surface area contributed by atoms with Crippen molar-refractivity contribution in [3.63, 3.8) is 0 Å². The fraction of sp³-hybridized carbons (Fsp3) is 0.818. The lowest BCUT2D eigenvalue weighted by molar-refractivity contribution is -0.154. The monoisotopic (exact) mass is 200 g/mol. The zero-order chi connectivity index (χ0) is 11.5. The van der Waals surface area contributed by atoms with Gasteiger partial charge in [-0.15, -0.1) is 0 Å². The van der Waals surface area contributed by atoms with Crippen LogP contribution in [0.5, 0.6) is 0 Å². The molecule has 3 nitrogen and oxygen atoms in total. The number of carboxylic acids is 1. The number of Topliss-reactive ketones (excluding diaryl/α,β-unsaturated/α-hetero) is 1. The molecule has 82 valence electrons. The van der Waals surface area contributed by atoms with E-state index in [0.29, 0.717) is 5.92 Å². The molecule has 0 saturated heterocycles. The first-order valence-corrected chi connectivity index (χ1v) is 4.97. The van der Waals surface area contributed by atoms with Gasteiger partial charge in [0.2, 0.25) is 0 Å². The second kappa shape index (κ2) is 4.58. The van der Waals surface area contributed by atoms with Gasteiger partial charge in [0.05, 0.1) is 0 Å². The maximum absolute atomic E-state index is 11.8. The summed E-state index contributed by atoms with van der Waals surface area (Å²) in [4.78, 5) is 22.6. The minimum absolute atomic E-state index is 0.180. The number of aliphatic carboxylic acids is 1. The first-order valence-electron chi connectivity index (χ1n) is 4.97. The van der Waals surface area contributed by atoms with Crippen LogP contribution in [0, 0.1) is 17.3 Å². The van der Waals surface area contributed by atoms with Gasteiger partial charge in [0.1, 0.15) is 5.41 Å². The molecule has 0 spiro atoms. The molecular formula is C11H20O3. The summed E-state index contributed by atoms with van der Waals surface area (Å²) in [7, 11) is 0. The molecule has 0 heterocycles. The molecule has 3 heteroatoms. The molecule has 0 amide bonds. The fourth-order valence-electron chi connectivity index (χ4n) is 1.54. The van der Waals surface area contributed by atoms with Crippen LogP contribution in [-0.2, 0) is 9.59 Å². The van der Waals surface area contributed by atoms with E-state index in [1.165, 1.54) is 13.8 Å². The second-order valence-electron chi connectivity index (χ2n) is 4.83. The van der Waals surface area contributed by atoms with Gasteiger partial charge in [0, 0.05) is 5.92 Å².